The fourth-order valence-corrected chi connectivity index (χ4v) is 2.17. The van der Waals surface area contributed by atoms with E-state index < -0.39 is 5.60 Å². The summed E-state index contributed by atoms with van der Waals surface area (Å²) in [6, 6.07) is 3.80. The number of nitrogens with zero attached hydrogens (tertiary/aromatic N) is 2. The van der Waals surface area contributed by atoms with Gasteiger partial charge in [-0.2, -0.15) is 0 Å². The van der Waals surface area contributed by atoms with Gasteiger partial charge < -0.3 is 10.8 Å². The molecule has 1 aromatic rings. The number of aliphatic hydroxyl groups is 1. The summed E-state index contributed by atoms with van der Waals surface area (Å²) in [5.74, 6) is -0.00146. The van der Waals surface area contributed by atoms with E-state index in [2.05, 4.69) is 9.88 Å². The summed E-state index contributed by atoms with van der Waals surface area (Å²) in [6.07, 6.45) is 3.29. The lowest BCUT2D eigenvalue weighted by atomic mass is 9.93. The summed E-state index contributed by atoms with van der Waals surface area (Å²) in [6.45, 7) is 4.50. The Kier molecular flexibility index (Phi) is 3.63. The summed E-state index contributed by atoms with van der Waals surface area (Å²) in [5, 5.41) is 17.3. The topological polar surface area (TPSA) is 86.2 Å². The first-order chi connectivity index (χ1) is 8.46. The Labute approximate surface area is 107 Å². The molecule has 0 amide bonds. The number of rotatable bonds is 3. The third kappa shape index (κ3) is 3.27. The van der Waals surface area contributed by atoms with Crippen LogP contribution in [0.1, 0.15) is 31.0 Å². The van der Waals surface area contributed by atoms with Crippen molar-refractivity contribution in [1.29, 1.82) is 5.41 Å². The Morgan fingerprint density at radius 3 is 2.83 bits per heavy atom. The maximum absolute atomic E-state index is 9.89. The molecular weight excluding hydrogens is 228 g/mol. The van der Waals surface area contributed by atoms with Crippen LogP contribution < -0.4 is 5.73 Å². The molecule has 0 radical (unpaired) electrons. The van der Waals surface area contributed by atoms with Gasteiger partial charge in [-0.05, 0) is 37.5 Å². The maximum Gasteiger partial charge on any atom is 0.141 e. The van der Waals surface area contributed by atoms with E-state index in [0.717, 1.165) is 38.0 Å². The Balaban J connectivity index is 1.98. The lowest BCUT2D eigenvalue weighted by Crippen LogP contribution is -2.41. The largest absolute Gasteiger partial charge is 0.390 e. The second-order valence-corrected chi connectivity index (χ2v) is 5.24. The molecule has 1 aliphatic rings. The Hall–Kier alpha value is -1.46. The molecule has 1 saturated heterocycles. The van der Waals surface area contributed by atoms with Crippen molar-refractivity contribution in [3.05, 3.63) is 29.6 Å². The molecule has 0 bridgehead atoms. The minimum Gasteiger partial charge on any atom is -0.390 e. The van der Waals surface area contributed by atoms with E-state index >= 15 is 0 Å². The van der Waals surface area contributed by atoms with Crippen LogP contribution in [0, 0.1) is 5.41 Å². The number of nitrogen functional groups attached to an aromatic ring is 1. The first kappa shape index (κ1) is 13.0. The van der Waals surface area contributed by atoms with Crippen molar-refractivity contribution in [2.45, 2.75) is 31.9 Å². The number of aromatic nitrogens is 1. The van der Waals surface area contributed by atoms with E-state index in [4.69, 9.17) is 11.1 Å². The minimum absolute atomic E-state index is 0.00146. The summed E-state index contributed by atoms with van der Waals surface area (Å²) in [4.78, 5) is 6.35. The molecule has 5 nitrogen and oxygen atoms in total. The number of nitrogens with one attached hydrogen (secondary N) is 1. The van der Waals surface area contributed by atoms with E-state index in [1.54, 1.807) is 6.20 Å². The number of pyridine rings is 1. The van der Waals surface area contributed by atoms with Crippen LogP contribution in [-0.4, -0.2) is 39.5 Å². The summed E-state index contributed by atoms with van der Waals surface area (Å²) in [7, 11) is 0. The van der Waals surface area contributed by atoms with Gasteiger partial charge in [-0.3, -0.25) is 15.3 Å². The van der Waals surface area contributed by atoms with Gasteiger partial charge in [0.25, 0.3) is 0 Å². The molecule has 5 heteroatoms. The average Bonchev–Trinajstić information content (AvgIpc) is 2.32. The van der Waals surface area contributed by atoms with E-state index in [9.17, 15) is 5.11 Å². The molecule has 18 heavy (non-hydrogen) atoms. The highest BCUT2D eigenvalue weighted by Gasteiger charge is 2.27. The van der Waals surface area contributed by atoms with Gasteiger partial charge in [-0.25, -0.2) is 0 Å². The lowest BCUT2D eigenvalue weighted by molar-refractivity contribution is -0.00730. The summed E-state index contributed by atoms with van der Waals surface area (Å²) in [5.41, 5.74) is 6.54. The predicted molar refractivity (Wildman–Crippen MR) is 70.4 cm³/mol. The zero-order chi connectivity index (χ0) is 13.2. The van der Waals surface area contributed by atoms with Crippen LogP contribution in [0.3, 0.4) is 0 Å². The molecule has 98 valence electrons. The van der Waals surface area contributed by atoms with Crippen molar-refractivity contribution in [1.82, 2.24) is 9.88 Å². The average molecular weight is 248 g/mol. The SMILES string of the molecule is CC1(O)CCN(Cc2ccnc(C(=N)N)c2)CC1. The van der Waals surface area contributed by atoms with Gasteiger partial charge >= 0.3 is 0 Å². The Bertz CT molecular complexity index is 434. The third-order valence-electron chi connectivity index (χ3n) is 3.44. The molecule has 1 fully saturated rings. The van der Waals surface area contributed by atoms with E-state index in [-0.39, 0.29) is 5.84 Å². The van der Waals surface area contributed by atoms with Crippen LogP contribution in [0.2, 0.25) is 0 Å². The van der Waals surface area contributed by atoms with Crippen LogP contribution in [0.25, 0.3) is 0 Å². The summed E-state index contributed by atoms with van der Waals surface area (Å²) >= 11 is 0. The fraction of sp³-hybridized carbons (Fsp3) is 0.538. The molecule has 1 aliphatic heterocycles. The van der Waals surface area contributed by atoms with Crippen molar-refractivity contribution in [2.75, 3.05) is 13.1 Å². The van der Waals surface area contributed by atoms with Crippen molar-refractivity contribution < 1.29 is 5.11 Å². The smallest absolute Gasteiger partial charge is 0.141 e. The van der Waals surface area contributed by atoms with Crippen molar-refractivity contribution in [2.24, 2.45) is 5.73 Å². The van der Waals surface area contributed by atoms with Crippen molar-refractivity contribution in [3.63, 3.8) is 0 Å². The predicted octanol–water partition coefficient (Wildman–Crippen LogP) is 0.712. The number of hydrogen-bond acceptors (Lipinski definition) is 4. The Morgan fingerprint density at radius 1 is 1.56 bits per heavy atom. The molecule has 2 heterocycles. The quantitative estimate of drug-likeness (QED) is 0.543. The lowest BCUT2D eigenvalue weighted by Gasteiger charge is -2.35. The Morgan fingerprint density at radius 2 is 2.22 bits per heavy atom. The standard InChI is InChI=1S/C13H20N4O/c1-13(18)3-6-17(7-4-13)9-10-2-5-16-11(8-10)12(14)15/h2,5,8,18H,3-4,6-7,9H2,1H3,(H3,14,15). The van der Waals surface area contributed by atoms with Crippen LogP contribution >= 0.6 is 0 Å². The van der Waals surface area contributed by atoms with Crippen molar-refractivity contribution in [3.8, 4) is 0 Å². The van der Waals surface area contributed by atoms with Gasteiger partial charge in [0.15, 0.2) is 0 Å². The molecule has 0 atom stereocenters. The second-order valence-electron chi connectivity index (χ2n) is 5.24. The van der Waals surface area contributed by atoms with Crippen LogP contribution in [0.5, 0.6) is 0 Å². The molecule has 4 N–H and O–H groups in total. The van der Waals surface area contributed by atoms with Gasteiger partial charge in [-0.1, -0.05) is 0 Å². The number of hydrogen-bond donors (Lipinski definition) is 3. The molecule has 0 aliphatic carbocycles. The highest BCUT2D eigenvalue weighted by Crippen LogP contribution is 2.22. The molecule has 0 saturated carbocycles. The minimum atomic E-state index is -0.515. The zero-order valence-electron chi connectivity index (χ0n) is 10.7. The number of likely N-dealkylation sites (tertiary alicyclic amines) is 1. The third-order valence-corrected chi connectivity index (χ3v) is 3.44. The molecular formula is C13H20N4O. The molecule has 0 spiro atoms. The normalized spacial score (nSPS) is 19.7. The van der Waals surface area contributed by atoms with E-state index in [1.165, 1.54) is 0 Å². The van der Waals surface area contributed by atoms with Crippen LogP contribution in [0.15, 0.2) is 18.3 Å². The van der Waals surface area contributed by atoms with Crippen molar-refractivity contribution >= 4 is 5.84 Å². The van der Waals surface area contributed by atoms with Gasteiger partial charge in [0.2, 0.25) is 0 Å². The first-order valence-corrected chi connectivity index (χ1v) is 6.20. The molecule has 2 rings (SSSR count). The zero-order valence-corrected chi connectivity index (χ0v) is 10.7. The molecule has 0 unspecified atom stereocenters. The first-order valence-electron chi connectivity index (χ1n) is 6.20. The van der Waals surface area contributed by atoms with E-state index in [1.807, 2.05) is 19.1 Å². The molecule has 0 aromatic carbocycles. The summed E-state index contributed by atoms with van der Waals surface area (Å²) < 4.78 is 0. The maximum atomic E-state index is 9.89. The van der Waals surface area contributed by atoms with Gasteiger partial charge in [0.1, 0.15) is 11.5 Å². The monoisotopic (exact) mass is 248 g/mol. The van der Waals surface area contributed by atoms with Crippen LogP contribution in [0.4, 0.5) is 0 Å². The van der Waals surface area contributed by atoms with Crippen LogP contribution in [-0.2, 0) is 6.54 Å². The second kappa shape index (κ2) is 5.04. The van der Waals surface area contributed by atoms with Gasteiger partial charge in [-0.15, -0.1) is 0 Å². The molecule has 1 aromatic heterocycles. The van der Waals surface area contributed by atoms with Gasteiger partial charge in [0.05, 0.1) is 5.60 Å². The highest BCUT2D eigenvalue weighted by molar-refractivity contribution is 5.93. The van der Waals surface area contributed by atoms with Gasteiger partial charge in [0, 0.05) is 25.8 Å². The number of nitrogens with two attached hydrogens (primary N) is 1. The fourth-order valence-electron chi connectivity index (χ4n) is 2.17. The highest BCUT2D eigenvalue weighted by atomic mass is 16.3. The number of piperidine rings is 1. The number of amidine groups is 1. The van der Waals surface area contributed by atoms with E-state index in [0.29, 0.717) is 5.69 Å².